The highest BCUT2D eigenvalue weighted by molar-refractivity contribution is 7.19. The zero-order valence-electron chi connectivity index (χ0n) is 23.4. The molecule has 8 nitrogen and oxygen atoms in total. The Balaban J connectivity index is 0.00000169. The van der Waals surface area contributed by atoms with Crippen LogP contribution in [0.25, 0.3) is 21.5 Å². The van der Waals surface area contributed by atoms with E-state index in [4.69, 9.17) is 5.73 Å². The quantitative estimate of drug-likeness (QED) is 0.356. The van der Waals surface area contributed by atoms with Crippen LogP contribution in [0.15, 0.2) is 24.4 Å². The molecule has 0 radical (unpaired) electrons. The molecule has 3 aromatic rings. The molecule has 1 aliphatic carbocycles. The Morgan fingerprint density at radius 1 is 1.14 bits per heavy atom. The summed E-state index contributed by atoms with van der Waals surface area (Å²) >= 11 is 1.23. The molecule has 0 spiro atoms. The lowest BCUT2D eigenvalue weighted by Gasteiger charge is -2.21. The van der Waals surface area contributed by atoms with Crippen LogP contribution in [0, 0.1) is 30.1 Å². The van der Waals surface area contributed by atoms with E-state index < -0.39 is 11.9 Å². The van der Waals surface area contributed by atoms with Crippen LogP contribution in [0.1, 0.15) is 46.8 Å². The van der Waals surface area contributed by atoms with Crippen LogP contribution in [-0.4, -0.2) is 57.1 Å². The first-order valence-corrected chi connectivity index (χ1v) is 14.0. The number of fused-ring (bicyclic) bond motifs is 2. The first-order chi connectivity index (χ1) is 18.8. The van der Waals surface area contributed by atoms with Crippen molar-refractivity contribution in [2.75, 3.05) is 19.6 Å². The zero-order valence-corrected chi connectivity index (χ0v) is 26.7. The number of rotatable bonds is 5. The molecule has 5 heterocycles. The van der Waals surface area contributed by atoms with E-state index in [1.165, 1.54) is 29.4 Å². The molecule has 1 saturated carbocycles. The minimum atomic E-state index is -4.71. The van der Waals surface area contributed by atoms with E-state index in [-0.39, 0.29) is 101 Å². The lowest BCUT2D eigenvalue weighted by atomic mass is 9.99. The lowest BCUT2D eigenvalue weighted by Crippen LogP contribution is -2.35. The van der Waals surface area contributed by atoms with Crippen LogP contribution >= 0.6 is 48.6 Å². The molecular formula is C28H31Cl3F3N5O3S. The van der Waals surface area contributed by atoms with Crippen molar-refractivity contribution < 1.29 is 27.6 Å². The van der Waals surface area contributed by atoms with Gasteiger partial charge in [0.15, 0.2) is 0 Å². The molecule has 3 amide bonds. The van der Waals surface area contributed by atoms with Gasteiger partial charge in [0.2, 0.25) is 11.8 Å². The fourth-order valence-electron chi connectivity index (χ4n) is 6.22. The number of likely N-dealkylation sites (tertiary alicyclic amines) is 2. The second-order valence-electron chi connectivity index (χ2n) is 11.5. The molecule has 3 aromatic heterocycles. The van der Waals surface area contributed by atoms with Crippen LogP contribution in [0.2, 0.25) is 0 Å². The van der Waals surface area contributed by atoms with Crippen LogP contribution in [0.5, 0.6) is 0 Å². The Morgan fingerprint density at radius 2 is 1.79 bits per heavy atom. The molecule has 2 aliphatic heterocycles. The minimum absolute atomic E-state index is 0. The lowest BCUT2D eigenvalue weighted by molar-refractivity contribution is -0.144. The fourth-order valence-corrected chi connectivity index (χ4v) is 7.34. The number of hydrogen-bond donors (Lipinski definition) is 1. The average Bonchev–Trinajstić information content (AvgIpc) is 3.32. The van der Waals surface area contributed by atoms with Gasteiger partial charge in [0, 0.05) is 29.7 Å². The summed E-state index contributed by atoms with van der Waals surface area (Å²) < 4.78 is 42.1. The highest BCUT2D eigenvalue weighted by Gasteiger charge is 2.72. The number of carbonyl (C=O) groups excluding carboxylic acids is 3. The molecular weight excluding hydrogens is 650 g/mol. The van der Waals surface area contributed by atoms with E-state index in [0.29, 0.717) is 40.3 Å². The predicted molar refractivity (Wildman–Crippen MR) is 164 cm³/mol. The van der Waals surface area contributed by atoms with Crippen LogP contribution in [0.4, 0.5) is 13.2 Å². The molecule has 2 saturated heterocycles. The molecule has 43 heavy (non-hydrogen) atoms. The largest absolute Gasteiger partial charge is 0.433 e. The first kappa shape index (κ1) is 35.0. The highest BCUT2D eigenvalue weighted by Crippen LogP contribution is 2.63. The van der Waals surface area contributed by atoms with Crippen molar-refractivity contribution in [1.82, 2.24) is 19.8 Å². The number of aryl methyl sites for hydroxylation is 1. The van der Waals surface area contributed by atoms with Gasteiger partial charge < -0.3 is 10.6 Å². The molecule has 234 valence electrons. The second kappa shape index (κ2) is 12.1. The number of imide groups is 1. The van der Waals surface area contributed by atoms with Gasteiger partial charge in [-0.25, -0.2) is 4.98 Å². The summed E-state index contributed by atoms with van der Waals surface area (Å²) in [5.74, 6) is -1.27. The van der Waals surface area contributed by atoms with Gasteiger partial charge in [0.05, 0.1) is 39.9 Å². The maximum absolute atomic E-state index is 13.9. The van der Waals surface area contributed by atoms with Crippen LogP contribution in [-0.2, 0) is 22.3 Å². The van der Waals surface area contributed by atoms with Gasteiger partial charge in [-0.3, -0.25) is 24.3 Å². The number of hydrogen-bond acceptors (Lipinski definition) is 7. The number of pyridine rings is 2. The van der Waals surface area contributed by atoms with E-state index in [1.54, 1.807) is 17.0 Å². The van der Waals surface area contributed by atoms with E-state index in [9.17, 15) is 27.6 Å². The summed E-state index contributed by atoms with van der Waals surface area (Å²) in [4.78, 5) is 51.3. The smallest absolute Gasteiger partial charge is 0.338 e. The Labute approximate surface area is 268 Å². The van der Waals surface area contributed by atoms with Gasteiger partial charge in [-0.15, -0.1) is 48.6 Å². The van der Waals surface area contributed by atoms with Crippen LogP contribution < -0.4 is 5.73 Å². The average molecular weight is 681 g/mol. The number of thiophene rings is 1. The molecule has 3 aliphatic rings. The maximum atomic E-state index is 13.9. The van der Waals surface area contributed by atoms with Crippen molar-refractivity contribution in [2.45, 2.75) is 39.9 Å². The number of halogens is 6. The van der Waals surface area contributed by atoms with Crippen molar-refractivity contribution >= 4 is 76.5 Å². The van der Waals surface area contributed by atoms with Gasteiger partial charge in [-0.05, 0) is 55.0 Å². The molecule has 15 heteroatoms. The number of aromatic nitrogens is 2. The van der Waals surface area contributed by atoms with E-state index in [2.05, 4.69) is 9.97 Å². The van der Waals surface area contributed by atoms with E-state index in [1.807, 2.05) is 13.8 Å². The van der Waals surface area contributed by atoms with Crippen molar-refractivity contribution in [2.24, 2.45) is 28.9 Å². The number of carbonyl (C=O) groups is 3. The fraction of sp³-hybridized carbons (Fsp3) is 0.464. The number of amides is 3. The van der Waals surface area contributed by atoms with Gasteiger partial charge in [0.1, 0.15) is 5.69 Å². The Kier molecular flexibility index (Phi) is 9.85. The second-order valence-corrected chi connectivity index (χ2v) is 12.6. The third-order valence-electron chi connectivity index (χ3n) is 8.55. The van der Waals surface area contributed by atoms with Crippen LogP contribution in [0.3, 0.4) is 0 Å². The first-order valence-electron chi connectivity index (χ1n) is 13.1. The van der Waals surface area contributed by atoms with Crippen molar-refractivity contribution in [3.05, 3.63) is 46.1 Å². The summed E-state index contributed by atoms with van der Waals surface area (Å²) in [6.07, 6.45) is -2.52. The predicted octanol–water partition coefficient (Wildman–Crippen LogP) is 5.51. The van der Waals surface area contributed by atoms with Gasteiger partial charge >= 0.3 is 6.18 Å². The summed E-state index contributed by atoms with van der Waals surface area (Å²) in [7, 11) is 0. The summed E-state index contributed by atoms with van der Waals surface area (Å²) in [5.41, 5.74) is 5.43. The number of nitrogens with two attached hydrogens (primary N) is 1. The molecule has 6 rings (SSSR count). The highest BCUT2D eigenvalue weighted by atomic mass is 35.5. The van der Waals surface area contributed by atoms with Crippen molar-refractivity contribution in [3.63, 3.8) is 0 Å². The van der Waals surface area contributed by atoms with E-state index >= 15 is 0 Å². The Morgan fingerprint density at radius 3 is 2.37 bits per heavy atom. The van der Waals surface area contributed by atoms with Gasteiger partial charge in [0.25, 0.3) is 5.91 Å². The Hall–Kier alpha value is -2.51. The standard InChI is InChI=1S/C28H28F3N5O3S.3ClH/c1-13-8-18(28(29,30)31)34-22(19(13)24(37)35-7-5-14(10-32)11-35)16-4-6-33-17-9-15(40-23(16)17)12-36-25(38)20-21(26(36)39)27(20,2)3;;;/h4,6,8-9,14,20-21H,5,7,10-12,32H2,1-3H3;3*1H. The van der Waals surface area contributed by atoms with Gasteiger partial charge in [-0.2, -0.15) is 13.2 Å². The summed E-state index contributed by atoms with van der Waals surface area (Å²) in [5, 5.41) is 0. The summed E-state index contributed by atoms with van der Waals surface area (Å²) in [6, 6.07) is 4.19. The van der Waals surface area contributed by atoms with E-state index in [0.717, 1.165) is 12.5 Å². The Bertz CT molecular complexity index is 1570. The van der Waals surface area contributed by atoms with Crippen molar-refractivity contribution in [1.29, 1.82) is 0 Å². The molecule has 3 atom stereocenters. The molecule has 0 aromatic carbocycles. The van der Waals surface area contributed by atoms with Gasteiger partial charge in [-0.1, -0.05) is 13.8 Å². The maximum Gasteiger partial charge on any atom is 0.433 e. The number of alkyl halides is 3. The molecule has 3 fully saturated rings. The minimum Gasteiger partial charge on any atom is -0.338 e. The normalized spacial score (nSPS) is 22.2. The third kappa shape index (κ3) is 5.72. The molecule has 0 bridgehead atoms. The molecule has 2 N–H and O–H groups in total. The monoisotopic (exact) mass is 679 g/mol. The number of piperidine rings is 1. The topological polar surface area (TPSA) is 109 Å². The zero-order chi connectivity index (χ0) is 28.7. The third-order valence-corrected chi connectivity index (χ3v) is 9.69. The van der Waals surface area contributed by atoms with Crippen molar-refractivity contribution in [3.8, 4) is 11.3 Å². The molecule has 3 unspecified atom stereocenters. The number of nitrogens with zero attached hydrogens (tertiary/aromatic N) is 4. The summed E-state index contributed by atoms with van der Waals surface area (Å²) in [6.45, 7) is 6.69. The SMILES string of the molecule is Cc1cc(C(F)(F)F)nc(-c2ccnc3cc(CN4C(=O)C5C(C4=O)C5(C)C)sc23)c1C(=O)N1CCC(CN)C1.Cl.Cl.Cl.